The minimum atomic E-state index is -1.26. The predicted octanol–water partition coefficient (Wildman–Crippen LogP) is 2.53. The van der Waals surface area contributed by atoms with Crippen LogP contribution in [0.2, 0.25) is 0 Å². The summed E-state index contributed by atoms with van der Waals surface area (Å²) in [6.07, 6.45) is 1.12. The van der Waals surface area contributed by atoms with Crippen molar-refractivity contribution in [1.82, 2.24) is 15.0 Å². The number of aryl methyl sites for hydroxylation is 1. The number of hydrazine groups is 1. The van der Waals surface area contributed by atoms with E-state index in [4.69, 9.17) is 19.7 Å². The Hall–Kier alpha value is -4.60. The number of benzene rings is 1. The van der Waals surface area contributed by atoms with E-state index in [1.807, 2.05) is 11.9 Å². The zero-order valence-electron chi connectivity index (χ0n) is 21.9. The number of carboxylic acids is 2. The number of nitrogens with zero attached hydrogens (tertiary/aromatic N) is 4. The Balaban J connectivity index is 0.000000580. The summed E-state index contributed by atoms with van der Waals surface area (Å²) in [5.74, 6) is -3.27. The van der Waals surface area contributed by atoms with Crippen molar-refractivity contribution in [2.45, 2.75) is 20.8 Å². The number of hydrogen-bond donors (Lipinski definition) is 2. The topological polar surface area (TPSA) is 170 Å². The van der Waals surface area contributed by atoms with Crippen LogP contribution in [0.25, 0.3) is 11.1 Å². The molecule has 0 bridgehead atoms. The van der Waals surface area contributed by atoms with Gasteiger partial charge in [0.05, 0.1) is 42.7 Å². The first kappa shape index (κ1) is 30.6. The Kier molecular flexibility index (Phi) is 11.8. The lowest BCUT2D eigenvalue weighted by molar-refractivity contribution is -0.134. The van der Waals surface area contributed by atoms with Gasteiger partial charge in [-0.05, 0) is 44.5 Å². The average molecular weight is 539 g/mol. The molecule has 12 nitrogen and oxygen atoms in total. The van der Waals surface area contributed by atoms with Crippen LogP contribution in [0.5, 0.6) is 0 Å². The number of aliphatic carboxylic acids is 2. The van der Waals surface area contributed by atoms with E-state index >= 15 is 0 Å². The number of morpholine rings is 1. The molecule has 1 saturated heterocycles. The fourth-order valence-electron chi connectivity index (χ4n) is 3.77. The van der Waals surface area contributed by atoms with Crippen LogP contribution in [-0.2, 0) is 19.1 Å². The number of aromatic nitrogens is 1. The number of amides is 1. The molecule has 1 aliphatic rings. The van der Waals surface area contributed by atoms with Crippen LogP contribution in [0, 0.1) is 18.3 Å². The van der Waals surface area contributed by atoms with Gasteiger partial charge in [0, 0.05) is 37.3 Å². The number of carbonyl (C=O) groups is 4. The van der Waals surface area contributed by atoms with Gasteiger partial charge >= 0.3 is 17.9 Å². The van der Waals surface area contributed by atoms with Crippen molar-refractivity contribution >= 4 is 23.8 Å². The van der Waals surface area contributed by atoms with Crippen LogP contribution in [0.4, 0.5) is 0 Å². The highest BCUT2D eigenvalue weighted by Crippen LogP contribution is 2.29. The molecule has 2 aromatic rings. The molecule has 0 saturated carbocycles. The Bertz CT molecular complexity index is 1260. The second-order valence-electron chi connectivity index (χ2n) is 8.03. The first-order valence-corrected chi connectivity index (χ1v) is 12.1. The summed E-state index contributed by atoms with van der Waals surface area (Å²) in [6.45, 7) is 8.39. The van der Waals surface area contributed by atoms with E-state index in [-0.39, 0.29) is 18.2 Å². The van der Waals surface area contributed by atoms with Gasteiger partial charge in [0.25, 0.3) is 5.91 Å². The highest BCUT2D eigenvalue weighted by molar-refractivity contribution is 6.01. The molecule has 0 radical (unpaired) electrons. The minimum absolute atomic E-state index is 0.220. The Morgan fingerprint density at radius 2 is 1.77 bits per heavy atom. The number of carboxylic acid groups (broad SMARTS) is 2. The molecule has 1 amide bonds. The highest BCUT2D eigenvalue weighted by Gasteiger charge is 2.27. The molecule has 0 spiro atoms. The molecule has 206 valence electrons. The maximum Gasteiger partial charge on any atom is 0.340 e. The predicted molar refractivity (Wildman–Crippen MR) is 139 cm³/mol. The molecule has 1 aliphatic heterocycles. The maximum atomic E-state index is 13.4. The third-order valence-corrected chi connectivity index (χ3v) is 5.43. The van der Waals surface area contributed by atoms with Crippen molar-refractivity contribution in [1.29, 1.82) is 5.26 Å². The fraction of sp³-hybridized carbons (Fsp3) is 0.333. The van der Waals surface area contributed by atoms with Crippen molar-refractivity contribution in [2.75, 3.05) is 39.5 Å². The summed E-state index contributed by atoms with van der Waals surface area (Å²) in [5, 5.41) is 28.5. The molecule has 1 aromatic carbocycles. The number of esters is 1. The highest BCUT2D eigenvalue weighted by atomic mass is 16.5. The van der Waals surface area contributed by atoms with E-state index < -0.39 is 17.9 Å². The number of hydrogen-bond acceptors (Lipinski definition) is 9. The van der Waals surface area contributed by atoms with Crippen LogP contribution in [0.15, 0.2) is 42.5 Å². The first-order chi connectivity index (χ1) is 18.6. The average Bonchev–Trinajstić information content (AvgIpc) is 2.92. The molecule has 12 heteroatoms. The van der Waals surface area contributed by atoms with Gasteiger partial charge < -0.3 is 19.7 Å². The zero-order valence-corrected chi connectivity index (χ0v) is 21.9. The SMILES string of the molecule is CCOC(=O)c1c(-c2cccc(C#N)c2)cc(C(=O)N(CC)N2CCOCC2)nc1C.O=C(O)C=CC(=O)O. The first-order valence-electron chi connectivity index (χ1n) is 12.1. The van der Waals surface area contributed by atoms with Crippen LogP contribution < -0.4 is 0 Å². The quantitative estimate of drug-likeness (QED) is 0.374. The number of carbonyl (C=O) groups excluding carboxylic acids is 2. The second-order valence-corrected chi connectivity index (χ2v) is 8.03. The molecule has 1 fully saturated rings. The monoisotopic (exact) mass is 538 g/mol. The molecule has 0 atom stereocenters. The van der Waals surface area contributed by atoms with Crippen molar-refractivity contribution in [3.05, 3.63) is 65.0 Å². The Labute approximate surface area is 225 Å². The molecule has 0 unspecified atom stereocenters. The van der Waals surface area contributed by atoms with Crippen molar-refractivity contribution in [3.63, 3.8) is 0 Å². The van der Waals surface area contributed by atoms with Gasteiger partial charge in [-0.2, -0.15) is 5.26 Å². The largest absolute Gasteiger partial charge is 0.478 e. The van der Waals surface area contributed by atoms with E-state index in [2.05, 4.69) is 11.1 Å². The molecule has 1 aromatic heterocycles. The van der Waals surface area contributed by atoms with Gasteiger partial charge in [0.2, 0.25) is 0 Å². The molecular formula is C27H30N4O8. The molecule has 39 heavy (non-hydrogen) atoms. The van der Waals surface area contributed by atoms with Crippen molar-refractivity contribution in [2.24, 2.45) is 0 Å². The van der Waals surface area contributed by atoms with E-state index in [1.165, 1.54) is 0 Å². The normalized spacial score (nSPS) is 13.1. The smallest absolute Gasteiger partial charge is 0.340 e. The van der Waals surface area contributed by atoms with E-state index in [1.54, 1.807) is 49.2 Å². The van der Waals surface area contributed by atoms with Crippen LogP contribution in [-0.4, -0.2) is 88.5 Å². The maximum absolute atomic E-state index is 13.4. The van der Waals surface area contributed by atoms with Gasteiger partial charge in [-0.3, -0.25) is 9.80 Å². The van der Waals surface area contributed by atoms with Gasteiger partial charge in [-0.15, -0.1) is 0 Å². The van der Waals surface area contributed by atoms with E-state index in [0.717, 1.165) is 0 Å². The Morgan fingerprint density at radius 3 is 2.31 bits per heavy atom. The van der Waals surface area contributed by atoms with Crippen molar-refractivity contribution in [3.8, 4) is 17.2 Å². The lowest BCUT2D eigenvalue weighted by Gasteiger charge is -2.36. The van der Waals surface area contributed by atoms with Gasteiger partial charge in [0.15, 0.2) is 0 Å². The number of nitriles is 1. The van der Waals surface area contributed by atoms with Crippen LogP contribution >= 0.6 is 0 Å². The van der Waals surface area contributed by atoms with E-state index in [0.29, 0.717) is 72.9 Å². The number of rotatable bonds is 8. The summed E-state index contributed by atoms with van der Waals surface area (Å²) in [7, 11) is 0. The summed E-state index contributed by atoms with van der Waals surface area (Å²) in [4.78, 5) is 49.6. The zero-order chi connectivity index (χ0) is 28.9. The van der Waals surface area contributed by atoms with Gasteiger partial charge in [-0.1, -0.05) is 12.1 Å². The molecule has 2 N–H and O–H groups in total. The standard InChI is InChI=1S/C23H26N4O4.C4H4O4/c1-4-27(26-9-11-30-12-10-26)22(28)20-14-19(18-8-6-7-17(13-18)15-24)21(16(3)25-20)23(29)31-5-2;5-3(6)1-2-4(7)8/h6-8,13-14H,4-5,9-12H2,1-3H3;1-2H,(H,5,6)(H,7,8). The summed E-state index contributed by atoms with van der Waals surface area (Å²) < 4.78 is 10.6. The fourth-order valence-corrected chi connectivity index (χ4v) is 3.77. The molecule has 3 rings (SSSR count). The molecule has 0 aliphatic carbocycles. The van der Waals surface area contributed by atoms with Crippen LogP contribution in [0.1, 0.15) is 46.0 Å². The third-order valence-electron chi connectivity index (χ3n) is 5.43. The second kappa shape index (κ2) is 15.0. The van der Waals surface area contributed by atoms with Crippen LogP contribution in [0.3, 0.4) is 0 Å². The van der Waals surface area contributed by atoms with Gasteiger partial charge in [0.1, 0.15) is 5.69 Å². The summed E-state index contributed by atoms with van der Waals surface area (Å²) >= 11 is 0. The summed E-state index contributed by atoms with van der Waals surface area (Å²) in [5.41, 5.74) is 2.55. The summed E-state index contributed by atoms with van der Waals surface area (Å²) in [6, 6.07) is 10.6. The Morgan fingerprint density at radius 1 is 1.13 bits per heavy atom. The third kappa shape index (κ3) is 8.74. The lowest BCUT2D eigenvalue weighted by Crippen LogP contribution is -2.51. The number of pyridine rings is 1. The van der Waals surface area contributed by atoms with E-state index in [9.17, 15) is 24.4 Å². The number of ether oxygens (including phenoxy) is 2. The van der Waals surface area contributed by atoms with Gasteiger partial charge in [-0.25, -0.2) is 24.4 Å². The molecule has 2 heterocycles. The van der Waals surface area contributed by atoms with Crippen molar-refractivity contribution < 1.29 is 38.9 Å². The minimum Gasteiger partial charge on any atom is -0.478 e. The lowest BCUT2D eigenvalue weighted by atomic mass is 9.96. The molecular weight excluding hydrogens is 508 g/mol.